The van der Waals surface area contributed by atoms with Crippen molar-refractivity contribution in [3.05, 3.63) is 59.7 Å². The Morgan fingerprint density at radius 3 is 2.38 bits per heavy atom. The lowest BCUT2D eigenvalue weighted by atomic mass is 10.1. The molecule has 0 spiro atoms. The van der Waals surface area contributed by atoms with Gasteiger partial charge in [-0.15, -0.1) is 0 Å². The number of amides is 2. The molecule has 5 heteroatoms. The highest BCUT2D eigenvalue weighted by Crippen LogP contribution is 2.18. The number of hydrogen-bond acceptors (Lipinski definition) is 3. The van der Waals surface area contributed by atoms with E-state index in [1.165, 1.54) is 0 Å². The third kappa shape index (κ3) is 5.92. The monoisotopic (exact) mass is 354 g/mol. The number of anilines is 1. The third-order valence-corrected chi connectivity index (χ3v) is 3.98. The van der Waals surface area contributed by atoms with Crippen LogP contribution in [0.4, 0.5) is 5.69 Å². The molecule has 26 heavy (non-hydrogen) atoms. The normalized spacial score (nSPS) is 10.5. The Labute approximate surface area is 154 Å². The Bertz CT molecular complexity index is 739. The van der Waals surface area contributed by atoms with Crippen LogP contribution in [0.5, 0.6) is 5.75 Å². The van der Waals surface area contributed by atoms with Gasteiger partial charge < -0.3 is 15.4 Å². The summed E-state index contributed by atoms with van der Waals surface area (Å²) in [5, 5.41) is 5.46. The van der Waals surface area contributed by atoms with E-state index in [1.54, 1.807) is 37.4 Å². The molecule has 0 fully saturated rings. The Morgan fingerprint density at radius 1 is 1.04 bits per heavy atom. The minimum absolute atomic E-state index is 0.102. The van der Waals surface area contributed by atoms with Gasteiger partial charge in [-0.1, -0.05) is 32.0 Å². The maximum Gasteiger partial charge on any atom is 0.255 e. The molecule has 0 aromatic heterocycles. The summed E-state index contributed by atoms with van der Waals surface area (Å²) in [4.78, 5) is 24.1. The standard InChI is InChI=1S/C21H26N2O3/c1-15(2)12-13-26-18-10-8-16(9-11-18)21(25)23-19-7-5-4-6-17(19)14-20(24)22-3/h4-11,15H,12-14H2,1-3H3,(H,22,24)(H,23,25). The lowest BCUT2D eigenvalue weighted by Gasteiger charge is -2.11. The molecule has 2 aromatic rings. The number of benzene rings is 2. The first kappa shape index (κ1) is 19.5. The molecule has 0 aliphatic carbocycles. The van der Waals surface area contributed by atoms with E-state index in [4.69, 9.17) is 4.74 Å². The molecule has 0 atom stereocenters. The number of carbonyl (C=O) groups excluding carboxylic acids is 2. The van der Waals surface area contributed by atoms with E-state index in [9.17, 15) is 9.59 Å². The summed E-state index contributed by atoms with van der Waals surface area (Å²) >= 11 is 0. The molecule has 0 radical (unpaired) electrons. The first-order chi connectivity index (χ1) is 12.5. The van der Waals surface area contributed by atoms with E-state index >= 15 is 0 Å². The van der Waals surface area contributed by atoms with Crippen LogP contribution in [0.15, 0.2) is 48.5 Å². The molecule has 0 saturated heterocycles. The van der Waals surface area contributed by atoms with Crippen LogP contribution in [0.25, 0.3) is 0 Å². The van der Waals surface area contributed by atoms with Gasteiger partial charge in [0.15, 0.2) is 0 Å². The Morgan fingerprint density at radius 2 is 1.73 bits per heavy atom. The smallest absolute Gasteiger partial charge is 0.255 e. The average molecular weight is 354 g/mol. The van der Waals surface area contributed by atoms with Crippen molar-refractivity contribution >= 4 is 17.5 Å². The van der Waals surface area contributed by atoms with Crippen molar-refractivity contribution in [2.24, 2.45) is 5.92 Å². The summed E-state index contributed by atoms with van der Waals surface area (Å²) < 4.78 is 5.67. The largest absolute Gasteiger partial charge is 0.494 e. The Kier molecular flexibility index (Phi) is 7.21. The minimum atomic E-state index is -0.219. The number of likely N-dealkylation sites (N-methyl/N-ethyl adjacent to an activating group) is 1. The second kappa shape index (κ2) is 9.61. The molecule has 0 aliphatic heterocycles. The Hall–Kier alpha value is -2.82. The fourth-order valence-electron chi connectivity index (χ4n) is 2.37. The van der Waals surface area contributed by atoms with E-state index in [0.717, 1.165) is 17.7 Å². The van der Waals surface area contributed by atoms with Crippen LogP contribution in [-0.4, -0.2) is 25.5 Å². The zero-order valence-corrected chi connectivity index (χ0v) is 15.5. The summed E-state index contributed by atoms with van der Waals surface area (Å²) in [6.45, 7) is 4.97. The molecule has 0 saturated carbocycles. The van der Waals surface area contributed by atoms with Crippen molar-refractivity contribution < 1.29 is 14.3 Å². The molecular formula is C21H26N2O3. The number of para-hydroxylation sites is 1. The summed E-state index contributed by atoms with van der Waals surface area (Å²) in [5.41, 5.74) is 1.95. The number of ether oxygens (including phenoxy) is 1. The van der Waals surface area contributed by atoms with Gasteiger partial charge in [0.2, 0.25) is 5.91 Å². The van der Waals surface area contributed by atoms with Crippen molar-refractivity contribution in [3.8, 4) is 5.75 Å². The highest BCUT2D eigenvalue weighted by Gasteiger charge is 2.11. The molecule has 2 aromatic carbocycles. The lowest BCUT2D eigenvalue weighted by molar-refractivity contribution is -0.119. The van der Waals surface area contributed by atoms with Crippen molar-refractivity contribution in [2.75, 3.05) is 19.0 Å². The fraction of sp³-hybridized carbons (Fsp3) is 0.333. The van der Waals surface area contributed by atoms with Crippen LogP contribution in [0, 0.1) is 5.92 Å². The molecule has 2 amide bonds. The quantitative estimate of drug-likeness (QED) is 0.760. The first-order valence-electron chi connectivity index (χ1n) is 8.82. The van der Waals surface area contributed by atoms with Crippen molar-refractivity contribution in [1.82, 2.24) is 5.32 Å². The van der Waals surface area contributed by atoms with E-state index in [0.29, 0.717) is 23.8 Å². The molecule has 2 N–H and O–H groups in total. The Balaban J connectivity index is 2.00. The molecule has 0 unspecified atom stereocenters. The minimum Gasteiger partial charge on any atom is -0.494 e. The van der Waals surface area contributed by atoms with E-state index in [1.807, 2.05) is 18.2 Å². The van der Waals surface area contributed by atoms with Gasteiger partial charge in [-0.25, -0.2) is 0 Å². The second-order valence-electron chi connectivity index (χ2n) is 6.52. The summed E-state index contributed by atoms with van der Waals surface area (Å²) in [5.74, 6) is 1.02. The molecule has 0 aliphatic rings. The number of nitrogens with one attached hydrogen (secondary N) is 2. The number of rotatable bonds is 8. The molecule has 0 heterocycles. The first-order valence-corrected chi connectivity index (χ1v) is 8.82. The van der Waals surface area contributed by atoms with Crippen molar-refractivity contribution in [3.63, 3.8) is 0 Å². The van der Waals surface area contributed by atoms with E-state index < -0.39 is 0 Å². The van der Waals surface area contributed by atoms with Crippen LogP contribution in [0.2, 0.25) is 0 Å². The van der Waals surface area contributed by atoms with Gasteiger partial charge in [-0.05, 0) is 48.2 Å². The van der Waals surface area contributed by atoms with Crippen LogP contribution >= 0.6 is 0 Å². The average Bonchev–Trinajstić information content (AvgIpc) is 2.63. The van der Waals surface area contributed by atoms with Gasteiger partial charge >= 0.3 is 0 Å². The van der Waals surface area contributed by atoms with Crippen LogP contribution in [0.3, 0.4) is 0 Å². The maximum absolute atomic E-state index is 12.5. The second-order valence-corrected chi connectivity index (χ2v) is 6.52. The van der Waals surface area contributed by atoms with Gasteiger partial charge in [0.05, 0.1) is 13.0 Å². The molecular weight excluding hydrogens is 328 g/mol. The zero-order chi connectivity index (χ0) is 18.9. The lowest BCUT2D eigenvalue weighted by Crippen LogP contribution is -2.21. The SMILES string of the molecule is CNC(=O)Cc1ccccc1NC(=O)c1ccc(OCCC(C)C)cc1. The number of carbonyl (C=O) groups is 2. The van der Waals surface area contributed by atoms with Gasteiger partial charge in [-0.3, -0.25) is 9.59 Å². The highest BCUT2D eigenvalue weighted by atomic mass is 16.5. The van der Waals surface area contributed by atoms with E-state index in [-0.39, 0.29) is 18.2 Å². The van der Waals surface area contributed by atoms with Crippen LogP contribution in [0.1, 0.15) is 36.2 Å². The van der Waals surface area contributed by atoms with Gasteiger partial charge in [-0.2, -0.15) is 0 Å². The molecule has 138 valence electrons. The van der Waals surface area contributed by atoms with Crippen molar-refractivity contribution in [2.45, 2.75) is 26.7 Å². The van der Waals surface area contributed by atoms with Gasteiger partial charge in [0, 0.05) is 18.3 Å². The third-order valence-electron chi connectivity index (χ3n) is 3.98. The maximum atomic E-state index is 12.5. The highest BCUT2D eigenvalue weighted by molar-refractivity contribution is 6.05. The van der Waals surface area contributed by atoms with Gasteiger partial charge in [0.25, 0.3) is 5.91 Å². The predicted octanol–water partition coefficient (Wildman–Crippen LogP) is 3.65. The van der Waals surface area contributed by atoms with Crippen molar-refractivity contribution in [1.29, 1.82) is 0 Å². The summed E-state index contributed by atoms with van der Waals surface area (Å²) in [6.07, 6.45) is 1.21. The molecule has 0 bridgehead atoms. The molecule has 5 nitrogen and oxygen atoms in total. The van der Waals surface area contributed by atoms with Gasteiger partial charge in [0.1, 0.15) is 5.75 Å². The number of hydrogen-bond donors (Lipinski definition) is 2. The predicted molar refractivity (Wildman–Crippen MR) is 104 cm³/mol. The topological polar surface area (TPSA) is 67.4 Å². The molecule has 2 rings (SSSR count). The van der Waals surface area contributed by atoms with E-state index in [2.05, 4.69) is 24.5 Å². The fourth-order valence-corrected chi connectivity index (χ4v) is 2.37. The zero-order valence-electron chi connectivity index (χ0n) is 15.5. The summed E-state index contributed by atoms with van der Waals surface area (Å²) in [6, 6.07) is 14.4. The van der Waals surface area contributed by atoms with Crippen LogP contribution < -0.4 is 15.4 Å². The summed E-state index contributed by atoms with van der Waals surface area (Å²) in [7, 11) is 1.59. The van der Waals surface area contributed by atoms with Crippen LogP contribution in [-0.2, 0) is 11.2 Å².